The summed E-state index contributed by atoms with van der Waals surface area (Å²) in [6, 6.07) is 5.55. The molecule has 110 valence electrons. The maximum absolute atomic E-state index is 11.8. The number of esters is 1. The van der Waals surface area contributed by atoms with Crippen LogP contribution in [0, 0.1) is 0 Å². The van der Waals surface area contributed by atoms with Crippen molar-refractivity contribution in [3.05, 3.63) is 29.3 Å². The Labute approximate surface area is 122 Å². The summed E-state index contributed by atoms with van der Waals surface area (Å²) in [6.45, 7) is -0.373. The minimum absolute atomic E-state index is 0.0164. The van der Waals surface area contributed by atoms with Gasteiger partial charge in [0.05, 0.1) is 25.0 Å². The van der Waals surface area contributed by atoms with Gasteiger partial charge in [-0.2, -0.15) is 0 Å². The number of Topliss-reactive ketones (excluding diaryl/α,β-unsaturated/α-hetero) is 1. The number of sulfonamides is 1. The molecule has 1 rings (SSSR count). The molecule has 1 N–H and O–H groups in total. The second-order valence-electron chi connectivity index (χ2n) is 3.89. The molecule has 0 bridgehead atoms. The fraction of sp³-hybridized carbons (Fsp3) is 0.333. The quantitative estimate of drug-likeness (QED) is 0.761. The van der Waals surface area contributed by atoms with E-state index in [2.05, 4.69) is 9.46 Å². The van der Waals surface area contributed by atoms with Crippen LogP contribution in [-0.4, -0.2) is 33.8 Å². The third-order valence-corrected chi connectivity index (χ3v) is 4.09. The first-order valence-electron chi connectivity index (χ1n) is 5.69. The van der Waals surface area contributed by atoms with Gasteiger partial charge >= 0.3 is 5.97 Å². The van der Waals surface area contributed by atoms with Crippen molar-refractivity contribution in [3.8, 4) is 0 Å². The predicted octanol–water partition coefficient (Wildman–Crippen LogP) is 1.14. The Kier molecular flexibility index (Phi) is 6.12. The van der Waals surface area contributed by atoms with Crippen LogP contribution in [0.1, 0.15) is 12.8 Å². The lowest BCUT2D eigenvalue weighted by Gasteiger charge is -2.06. The van der Waals surface area contributed by atoms with E-state index in [-0.39, 0.29) is 24.3 Å². The molecule has 0 aliphatic carbocycles. The Morgan fingerprint density at radius 2 is 1.80 bits per heavy atom. The van der Waals surface area contributed by atoms with Gasteiger partial charge in [0.15, 0.2) is 0 Å². The number of ketones is 1. The summed E-state index contributed by atoms with van der Waals surface area (Å²) in [5.74, 6) is -0.910. The van der Waals surface area contributed by atoms with E-state index in [9.17, 15) is 18.0 Å². The summed E-state index contributed by atoms with van der Waals surface area (Å²) in [7, 11) is -2.54. The molecule has 0 fully saturated rings. The molecule has 0 spiro atoms. The van der Waals surface area contributed by atoms with Crippen molar-refractivity contribution in [1.82, 2.24) is 4.72 Å². The highest BCUT2D eigenvalue weighted by atomic mass is 35.5. The Morgan fingerprint density at radius 1 is 1.20 bits per heavy atom. The molecule has 0 radical (unpaired) electrons. The number of benzene rings is 1. The number of halogens is 1. The van der Waals surface area contributed by atoms with Gasteiger partial charge in [0.2, 0.25) is 10.0 Å². The molecule has 0 saturated carbocycles. The van der Waals surface area contributed by atoms with Crippen molar-refractivity contribution in [1.29, 1.82) is 0 Å². The molecule has 1 aromatic rings. The van der Waals surface area contributed by atoms with Crippen molar-refractivity contribution < 1.29 is 22.7 Å². The van der Waals surface area contributed by atoms with Crippen LogP contribution in [0.4, 0.5) is 0 Å². The lowest BCUT2D eigenvalue weighted by molar-refractivity contribution is -0.141. The first-order chi connectivity index (χ1) is 9.35. The highest BCUT2D eigenvalue weighted by molar-refractivity contribution is 7.89. The normalized spacial score (nSPS) is 11.1. The molecule has 0 aliphatic heterocycles. The SMILES string of the molecule is COC(=O)CCC(=O)CNS(=O)(=O)c1ccc(Cl)cc1. The second kappa shape index (κ2) is 7.37. The lowest BCUT2D eigenvalue weighted by Crippen LogP contribution is -2.29. The molecular formula is C12H14ClNO5S. The number of hydrogen-bond acceptors (Lipinski definition) is 5. The molecule has 0 saturated heterocycles. The third-order valence-electron chi connectivity index (χ3n) is 2.42. The van der Waals surface area contributed by atoms with Gasteiger partial charge in [-0.3, -0.25) is 9.59 Å². The number of methoxy groups -OCH3 is 1. The number of rotatable bonds is 7. The Balaban J connectivity index is 2.53. The summed E-state index contributed by atoms with van der Waals surface area (Å²) in [5.41, 5.74) is 0. The van der Waals surface area contributed by atoms with Gasteiger partial charge < -0.3 is 4.74 Å². The van der Waals surface area contributed by atoms with Crippen molar-refractivity contribution in [2.24, 2.45) is 0 Å². The molecule has 20 heavy (non-hydrogen) atoms. The van der Waals surface area contributed by atoms with Crippen LogP contribution in [0.15, 0.2) is 29.2 Å². The molecule has 0 aliphatic rings. The van der Waals surface area contributed by atoms with Gasteiger partial charge in [-0.25, -0.2) is 13.1 Å². The Morgan fingerprint density at radius 3 is 2.35 bits per heavy atom. The van der Waals surface area contributed by atoms with Crippen molar-refractivity contribution in [3.63, 3.8) is 0 Å². The first-order valence-corrected chi connectivity index (χ1v) is 7.55. The predicted molar refractivity (Wildman–Crippen MR) is 72.9 cm³/mol. The highest BCUT2D eigenvalue weighted by Crippen LogP contribution is 2.13. The van der Waals surface area contributed by atoms with Crippen LogP contribution >= 0.6 is 11.6 Å². The number of carbonyl (C=O) groups excluding carboxylic acids is 2. The molecule has 0 unspecified atom stereocenters. The molecule has 6 nitrogen and oxygen atoms in total. The maximum Gasteiger partial charge on any atom is 0.305 e. The number of carbonyl (C=O) groups is 2. The molecule has 0 heterocycles. The maximum atomic E-state index is 11.8. The Bertz CT molecular complexity index is 582. The number of hydrogen-bond donors (Lipinski definition) is 1. The average Bonchev–Trinajstić information content (AvgIpc) is 2.43. The highest BCUT2D eigenvalue weighted by Gasteiger charge is 2.15. The molecule has 0 aromatic heterocycles. The number of nitrogens with one attached hydrogen (secondary N) is 1. The fourth-order valence-corrected chi connectivity index (χ4v) is 2.44. The van der Waals surface area contributed by atoms with E-state index in [1.165, 1.54) is 31.4 Å². The van der Waals surface area contributed by atoms with Crippen molar-refractivity contribution in [2.45, 2.75) is 17.7 Å². The zero-order valence-corrected chi connectivity index (χ0v) is 12.3. The van der Waals surface area contributed by atoms with Crippen LogP contribution in [0.5, 0.6) is 0 Å². The van der Waals surface area contributed by atoms with Crippen LogP contribution in [0.3, 0.4) is 0 Å². The number of ether oxygens (including phenoxy) is 1. The average molecular weight is 320 g/mol. The van der Waals surface area contributed by atoms with Crippen LogP contribution < -0.4 is 4.72 Å². The van der Waals surface area contributed by atoms with Gasteiger partial charge in [-0.15, -0.1) is 0 Å². The van der Waals surface area contributed by atoms with E-state index in [4.69, 9.17) is 11.6 Å². The zero-order valence-electron chi connectivity index (χ0n) is 10.8. The van der Waals surface area contributed by atoms with E-state index in [1.54, 1.807) is 0 Å². The van der Waals surface area contributed by atoms with Crippen LogP contribution in [-0.2, 0) is 24.3 Å². The smallest absolute Gasteiger partial charge is 0.305 e. The van der Waals surface area contributed by atoms with E-state index < -0.39 is 21.8 Å². The van der Waals surface area contributed by atoms with E-state index >= 15 is 0 Å². The van der Waals surface area contributed by atoms with E-state index in [1.807, 2.05) is 0 Å². The van der Waals surface area contributed by atoms with Crippen molar-refractivity contribution in [2.75, 3.05) is 13.7 Å². The standard InChI is InChI=1S/C12H14ClNO5S/c1-19-12(16)7-4-10(15)8-14-20(17,18)11-5-2-9(13)3-6-11/h2-3,5-6,14H,4,7-8H2,1H3. The van der Waals surface area contributed by atoms with Crippen LogP contribution in [0.25, 0.3) is 0 Å². The summed E-state index contributed by atoms with van der Waals surface area (Å²) in [5, 5.41) is 0.415. The van der Waals surface area contributed by atoms with Gasteiger partial charge in [-0.05, 0) is 24.3 Å². The molecule has 0 atom stereocenters. The fourth-order valence-electron chi connectivity index (χ4n) is 1.30. The molecule has 0 amide bonds. The van der Waals surface area contributed by atoms with E-state index in [0.717, 1.165) is 0 Å². The summed E-state index contributed by atoms with van der Waals surface area (Å²) in [4.78, 5) is 22.3. The van der Waals surface area contributed by atoms with Crippen molar-refractivity contribution >= 4 is 33.4 Å². The second-order valence-corrected chi connectivity index (χ2v) is 6.10. The largest absolute Gasteiger partial charge is 0.469 e. The van der Waals surface area contributed by atoms with Gasteiger partial charge in [0, 0.05) is 11.4 Å². The van der Waals surface area contributed by atoms with E-state index in [0.29, 0.717) is 5.02 Å². The molecule has 1 aromatic carbocycles. The summed E-state index contributed by atoms with van der Waals surface area (Å²) < 4.78 is 30.2. The summed E-state index contributed by atoms with van der Waals surface area (Å²) >= 11 is 5.66. The lowest BCUT2D eigenvalue weighted by atomic mass is 10.2. The van der Waals surface area contributed by atoms with Gasteiger partial charge in [0.25, 0.3) is 0 Å². The summed E-state index contributed by atoms with van der Waals surface area (Å²) in [6.07, 6.45) is -0.145. The van der Waals surface area contributed by atoms with Gasteiger partial charge in [0.1, 0.15) is 5.78 Å². The third kappa shape index (κ3) is 5.28. The monoisotopic (exact) mass is 319 g/mol. The molecule has 8 heteroatoms. The minimum atomic E-state index is -3.76. The molecular weight excluding hydrogens is 306 g/mol. The first kappa shape index (κ1) is 16.6. The Hall–Kier alpha value is -1.44. The minimum Gasteiger partial charge on any atom is -0.469 e. The zero-order chi connectivity index (χ0) is 15.2. The van der Waals surface area contributed by atoms with Crippen LogP contribution in [0.2, 0.25) is 5.02 Å². The van der Waals surface area contributed by atoms with Gasteiger partial charge in [-0.1, -0.05) is 11.6 Å². The topological polar surface area (TPSA) is 89.5 Å².